The van der Waals surface area contributed by atoms with Crippen LogP contribution in [0.1, 0.15) is 17.2 Å². The molecule has 2 aromatic carbocycles. The second kappa shape index (κ2) is 6.38. The van der Waals surface area contributed by atoms with E-state index in [4.69, 9.17) is 5.73 Å². The molecule has 0 bridgehead atoms. The van der Waals surface area contributed by atoms with Gasteiger partial charge >= 0.3 is 0 Å². The Kier molecular flexibility index (Phi) is 5.13. The topological polar surface area (TPSA) is 26.0 Å². The van der Waals surface area contributed by atoms with Crippen LogP contribution in [0.3, 0.4) is 0 Å². The summed E-state index contributed by atoms with van der Waals surface area (Å²) >= 11 is 0. The Bertz CT molecular complexity index is 442. The first-order valence-corrected chi connectivity index (χ1v) is 5.30. The second-order valence-electron chi connectivity index (χ2n) is 3.85. The highest BCUT2D eigenvalue weighted by molar-refractivity contribution is 5.85. The lowest BCUT2D eigenvalue weighted by Gasteiger charge is -2.11. The summed E-state index contributed by atoms with van der Waals surface area (Å²) in [4.78, 5) is 0. The van der Waals surface area contributed by atoms with Crippen molar-refractivity contribution in [1.29, 1.82) is 0 Å². The molecule has 2 aromatic rings. The highest BCUT2D eigenvalue weighted by atomic mass is 35.5. The molecule has 0 amide bonds. The Labute approximate surface area is 107 Å². The van der Waals surface area contributed by atoms with E-state index in [0.29, 0.717) is 0 Å². The molecule has 1 atom stereocenters. The Morgan fingerprint density at radius 2 is 1.53 bits per heavy atom. The van der Waals surface area contributed by atoms with Gasteiger partial charge in [-0.3, -0.25) is 0 Å². The third kappa shape index (κ3) is 3.84. The van der Waals surface area contributed by atoms with Gasteiger partial charge in [0.1, 0.15) is 5.82 Å². The minimum Gasteiger partial charge on any atom is -0.324 e. The summed E-state index contributed by atoms with van der Waals surface area (Å²) in [6, 6.07) is 16.4. The Morgan fingerprint density at radius 3 is 2.12 bits per heavy atom. The molecule has 0 saturated carbocycles. The molecule has 1 unspecified atom stereocenters. The molecule has 3 heteroatoms. The van der Waals surface area contributed by atoms with Crippen molar-refractivity contribution < 1.29 is 4.39 Å². The summed E-state index contributed by atoms with van der Waals surface area (Å²) in [5, 5.41) is 0. The molecule has 0 aromatic heterocycles. The van der Waals surface area contributed by atoms with E-state index >= 15 is 0 Å². The first-order chi connectivity index (χ1) is 7.75. The van der Waals surface area contributed by atoms with Crippen molar-refractivity contribution in [1.82, 2.24) is 0 Å². The number of hydrogen-bond donors (Lipinski definition) is 1. The zero-order valence-electron chi connectivity index (χ0n) is 9.34. The molecular weight excluding hydrogens is 237 g/mol. The van der Waals surface area contributed by atoms with Gasteiger partial charge in [-0.1, -0.05) is 42.5 Å². The Hall–Kier alpha value is -1.38. The van der Waals surface area contributed by atoms with E-state index in [-0.39, 0.29) is 24.3 Å². The van der Waals surface area contributed by atoms with E-state index in [1.165, 1.54) is 12.1 Å². The van der Waals surface area contributed by atoms with Crippen LogP contribution in [0.25, 0.3) is 0 Å². The van der Waals surface area contributed by atoms with Crippen molar-refractivity contribution in [3.05, 3.63) is 71.5 Å². The van der Waals surface area contributed by atoms with Gasteiger partial charge in [0, 0.05) is 6.04 Å². The SMILES string of the molecule is Cl.NC(Cc1ccc(F)cc1)c1ccccc1. The number of benzene rings is 2. The molecule has 0 aliphatic rings. The van der Waals surface area contributed by atoms with Gasteiger partial charge in [0.05, 0.1) is 0 Å². The summed E-state index contributed by atoms with van der Waals surface area (Å²) in [5.74, 6) is -0.211. The third-order valence-corrected chi connectivity index (χ3v) is 2.60. The van der Waals surface area contributed by atoms with Crippen molar-refractivity contribution in [3.8, 4) is 0 Å². The van der Waals surface area contributed by atoms with E-state index in [2.05, 4.69) is 0 Å². The van der Waals surface area contributed by atoms with Gasteiger partial charge in [0.2, 0.25) is 0 Å². The molecule has 2 N–H and O–H groups in total. The summed E-state index contributed by atoms with van der Waals surface area (Å²) in [7, 11) is 0. The lowest BCUT2D eigenvalue weighted by Crippen LogP contribution is -2.13. The van der Waals surface area contributed by atoms with E-state index < -0.39 is 0 Å². The van der Waals surface area contributed by atoms with Crippen molar-refractivity contribution in [2.75, 3.05) is 0 Å². The molecule has 90 valence electrons. The average molecular weight is 252 g/mol. The molecule has 0 spiro atoms. The molecule has 1 nitrogen and oxygen atoms in total. The lowest BCUT2D eigenvalue weighted by molar-refractivity contribution is 0.625. The Morgan fingerprint density at radius 1 is 0.941 bits per heavy atom. The molecule has 0 aliphatic heterocycles. The largest absolute Gasteiger partial charge is 0.324 e. The van der Waals surface area contributed by atoms with Crippen molar-refractivity contribution in [2.45, 2.75) is 12.5 Å². The van der Waals surface area contributed by atoms with E-state index in [1.54, 1.807) is 12.1 Å². The van der Waals surface area contributed by atoms with Crippen LogP contribution >= 0.6 is 12.4 Å². The fourth-order valence-corrected chi connectivity index (χ4v) is 1.69. The monoisotopic (exact) mass is 251 g/mol. The van der Waals surface area contributed by atoms with Crippen molar-refractivity contribution in [2.24, 2.45) is 5.73 Å². The number of halogens is 2. The zero-order chi connectivity index (χ0) is 11.4. The van der Waals surface area contributed by atoms with Crippen LogP contribution < -0.4 is 5.73 Å². The van der Waals surface area contributed by atoms with Crippen LogP contribution in [-0.4, -0.2) is 0 Å². The predicted molar refractivity (Wildman–Crippen MR) is 70.7 cm³/mol. The van der Waals surface area contributed by atoms with E-state index in [9.17, 15) is 4.39 Å². The standard InChI is InChI=1S/C14H14FN.ClH/c15-13-8-6-11(7-9-13)10-14(16)12-4-2-1-3-5-12;/h1-9,14H,10,16H2;1H. The summed E-state index contributed by atoms with van der Waals surface area (Å²) < 4.78 is 12.7. The molecule has 17 heavy (non-hydrogen) atoms. The molecule has 0 heterocycles. The summed E-state index contributed by atoms with van der Waals surface area (Å²) in [6.07, 6.45) is 0.726. The molecule has 0 radical (unpaired) electrons. The van der Waals surface area contributed by atoms with Gasteiger partial charge in [-0.05, 0) is 29.7 Å². The highest BCUT2D eigenvalue weighted by Gasteiger charge is 2.06. The molecule has 2 rings (SSSR count). The maximum Gasteiger partial charge on any atom is 0.123 e. The van der Waals surface area contributed by atoms with Gasteiger partial charge in [-0.25, -0.2) is 4.39 Å². The summed E-state index contributed by atoms with van der Waals surface area (Å²) in [5.41, 5.74) is 8.23. The smallest absolute Gasteiger partial charge is 0.123 e. The first-order valence-electron chi connectivity index (χ1n) is 5.30. The van der Waals surface area contributed by atoms with Crippen LogP contribution in [0.15, 0.2) is 54.6 Å². The van der Waals surface area contributed by atoms with Gasteiger partial charge < -0.3 is 5.73 Å². The third-order valence-electron chi connectivity index (χ3n) is 2.60. The zero-order valence-corrected chi connectivity index (χ0v) is 10.2. The quantitative estimate of drug-likeness (QED) is 0.888. The molecular formula is C14H15ClFN. The number of hydrogen-bond acceptors (Lipinski definition) is 1. The highest BCUT2D eigenvalue weighted by Crippen LogP contribution is 2.15. The lowest BCUT2D eigenvalue weighted by atomic mass is 10.00. The normalized spacial score (nSPS) is 11.6. The summed E-state index contributed by atoms with van der Waals surface area (Å²) in [6.45, 7) is 0. The van der Waals surface area contributed by atoms with E-state index in [1.807, 2.05) is 30.3 Å². The molecule has 0 fully saturated rings. The number of nitrogens with two attached hydrogens (primary N) is 1. The Balaban J connectivity index is 0.00000144. The van der Waals surface area contributed by atoms with Gasteiger partial charge in [0.25, 0.3) is 0 Å². The van der Waals surface area contributed by atoms with Gasteiger partial charge in [-0.15, -0.1) is 12.4 Å². The van der Waals surface area contributed by atoms with Crippen molar-refractivity contribution in [3.63, 3.8) is 0 Å². The minimum atomic E-state index is -0.211. The second-order valence-corrected chi connectivity index (χ2v) is 3.85. The van der Waals surface area contributed by atoms with Crippen LogP contribution in [-0.2, 0) is 6.42 Å². The van der Waals surface area contributed by atoms with Crippen LogP contribution in [0.2, 0.25) is 0 Å². The van der Waals surface area contributed by atoms with Crippen molar-refractivity contribution >= 4 is 12.4 Å². The van der Waals surface area contributed by atoms with Crippen LogP contribution in [0, 0.1) is 5.82 Å². The van der Waals surface area contributed by atoms with Gasteiger partial charge in [-0.2, -0.15) is 0 Å². The maximum atomic E-state index is 12.7. The predicted octanol–water partition coefficient (Wildman–Crippen LogP) is 3.49. The fraction of sp³-hybridized carbons (Fsp3) is 0.143. The molecule has 0 aliphatic carbocycles. The molecule has 0 saturated heterocycles. The van der Waals surface area contributed by atoms with Crippen LogP contribution in [0.5, 0.6) is 0 Å². The maximum absolute atomic E-state index is 12.7. The fourth-order valence-electron chi connectivity index (χ4n) is 1.69. The minimum absolute atomic E-state index is 0. The first kappa shape index (κ1) is 13.7. The average Bonchev–Trinajstić information content (AvgIpc) is 2.33. The van der Waals surface area contributed by atoms with E-state index in [0.717, 1.165) is 17.5 Å². The number of rotatable bonds is 3. The van der Waals surface area contributed by atoms with Crippen LogP contribution in [0.4, 0.5) is 4.39 Å². The van der Waals surface area contributed by atoms with Gasteiger partial charge in [0.15, 0.2) is 0 Å².